The van der Waals surface area contributed by atoms with Crippen molar-refractivity contribution in [2.45, 2.75) is 58.7 Å². The van der Waals surface area contributed by atoms with Crippen LogP contribution in [0.15, 0.2) is 36.2 Å². The number of hydrogen-bond acceptors (Lipinski definition) is 4. The highest BCUT2D eigenvalue weighted by Crippen LogP contribution is 2.31. The molecule has 2 aliphatic rings. The van der Waals surface area contributed by atoms with Crippen LogP contribution in [0, 0.1) is 0 Å². The molecule has 4 nitrogen and oxygen atoms in total. The van der Waals surface area contributed by atoms with Gasteiger partial charge in [-0.1, -0.05) is 26.5 Å². The molecule has 2 rings (SSSR count). The minimum atomic E-state index is -0.219. The molecule has 0 saturated carbocycles. The lowest BCUT2D eigenvalue weighted by Crippen LogP contribution is -2.53. The molecule has 4 heteroatoms. The van der Waals surface area contributed by atoms with Gasteiger partial charge in [-0.25, -0.2) is 5.43 Å². The molecule has 1 saturated heterocycles. The quantitative estimate of drug-likeness (QED) is 0.780. The summed E-state index contributed by atoms with van der Waals surface area (Å²) in [5.74, 6) is 0. The molecule has 120 valence electrons. The van der Waals surface area contributed by atoms with Crippen molar-refractivity contribution in [3.63, 3.8) is 0 Å². The average Bonchev–Trinajstić information content (AvgIpc) is 2.84. The van der Waals surface area contributed by atoms with E-state index in [0.29, 0.717) is 0 Å². The number of ether oxygens (including phenoxy) is 1. The van der Waals surface area contributed by atoms with E-state index < -0.39 is 0 Å². The lowest BCUT2D eigenvalue weighted by atomic mass is 9.91. The van der Waals surface area contributed by atoms with Crippen LogP contribution in [0.4, 0.5) is 0 Å². The first-order chi connectivity index (χ1) is 10.1. The second kappa shape index (κ2) is 8.25. The van der Waals surface area contributed by atoms with Crippen LogP contribution >= 0.6 is 0 Å². The molecule has 0 aliphatic carbocycles. The summed E-state index contributed by atoms with van der Waals surface area (Å²) in [6, 6.07) is 0. The lowest BCUT2D eigenvalue weighted by Gasteiger charge is -2.36. The smallest absolute Gasteiger partial charge is 0.143 e. The molecule has 0 spiro atoms. The van der Waals surface area contributed by atoms with Crippen LogP contribution in [0.2, 0.25) is 0 Å². The maximum atomic E-state index is 5.84. The van der Waals surface area contributed by atoms with Gasteiger partial charge in [0.1, 0.15) is 6.23 Å². The van der Waals surface area contributed by atoms with Crippen LogP contribution in [0.25, 0.3) is 0 Å². The number of hydrogen-bond donors (Lipinski definition) is 2. The van der Waals surface area contributed by atoms with Gasteiger partial charge in [0.25, 0.3) is 0 Å². The van der Waals surface area contributed by atoms with Crippen LogP contribution in [0.5, 0.6) is 0 Å². The van der Waals surface area contributed by atoms with Crippen molar-refractivity contribution in [1.29, 1.82) is 0 Å². The summed E-state index contributed by atoms with van der Waals surface area (Å²) in [6.07, 6.45) is 9.60. The Morgan fingerprint density at radius 1 is 1.52 bits per heavy atom. The standard InChI is InChI=1S/C15H25N3O.C2H6/c1-5-8-13(16-4)15(3)12(2)11-18(17-15)14-9-6-7-10-19-14;1-2/h5,8,11,14,16-17H,1,6-7,9-10H2,2-4H3;1-2H3/b13-8-;. The number of hydrazine groups is 1. The Hall–Kier alpha value is -1.26. The van der Waals surface area contributed by atoms with Crippen molar-refractivity contribution >= 4 is 0 Å². The summed E-state index contributed by atoms with van der Waals surface area (Å²) in [4.78, 5) is 0. The zero-order chi connectivity index (χ0) is 15.9. The predicted octanol–water partition coefficient (Wildman–Crippen LogP) is 3.31. The normalized spacial score (nSPS) is 29.4. The molecule has 2 atom stereocenters. The molecule has 2 N–H and O–H groups in total. The van der Waals surface area contributed by atoms with E-state index >= 15 is 0 Å². The summed E-state index contributed by atoms with van der Waals surface area (Å²) < 4.78 is 5.84. The van der Waals surface area contributed by atoms with Crippen LogP contribution in [-0.4, -0.2) is 30.4 Å². The third-order valence-electron chi connectivity index (χ3n) is 4.03. The number of likely N-dealkylation sites (N-methyl/N-ethyl adjacent to an activating group) is 1. The molecule has 2 aliphatic heterocycles. The predicted molar refractivity (Wildman–Crippen MR) is 89.4 cm³/mol. The molecule has 1 fully saturated rings. The van der Waals surface area contributed by atoms with E-state index in [2.05, 4.69) is 42.4 Å². The summed E-state index contributed by atoms with van der Waals surface area (Å²) in [5.41, 5.74) is 5.72. The lowest BCUT2D eigenvalue weighted by molar-refractivity contribution is -0.0862. The van der Waals surface area contributed by atoms with Crippen molar-refractivity contribution in [1.82, 2.24) is 15.8 Å². The van der Waals surface area contributed by atoms with Crippen molar-refractivity contribution in [3.8, 4) is 0 Å². The van der Waals surface area contributed by atoms with E-state index in [1.165, 1.54) is 18.4 Å². The number of allylic oxidation sites excluding steroid dienone is 2. The number of nitrogens with one attached hydrogen (secondary N) is 2. The SMILES string of the molecule is C=C/C=C(\NC)C1(C)NN(C2CCCCO2)C=C1C.CC. The maximum Gasteiger partial charge on any atom is 0.143 e. The summed E-state index contributed by atoms with van der Waals surface area (Å²) in [5, 5.41) is 5.37. The molecule has 0 aromatic heterocycles. The van der Waals surface area contributed by atoms with Crippen LogP contribution in [0.1, 0.15) is 47.0 Å². The molecular formula is C17H31N3O. The zero-order valence-electron chi connectivity index (χ0n) is 14.2. The topological polar surface area (TPSA) is 36.5 Å². The third-order valence-corrected chi connectivity index (χ3v) is 4.03. The first-order valence-electron chi connectivity index (χ1n) is 7.99. The van der Waals surface area contributed by atoms with Gasteiger partial charge in [-0.05, 0) is 44.8 Å². The fraction of sp³-hybridized carbons (Fsp3) is 0.647. The Morgan fingerprint density at radius 2 is 2.24 bits per heavy atom. The second-order valence-electron chi connectivity index (χ2n) is 5.34. The molecule has 0 radical (unpaired) electrons. The van der Waals surface area contributed by atoms with E-state index in [1.807, 2.05) is 33.0 Å². The highest BCUT2D eigenvalue weighted by Gasteiger charge is 2.39. The van der Waals surface area contributed by atoms with Crippen molar-refractivity contribution < 1.29 is 4.74 Å². The van der Waals surface area contributed by atoms with Gasteiger partial charge in [0.15, 0.2) is 0 Å². The van der Waals surface area contributed by atoms with Gasteiger partial charge in [-0.15, -0.1) is 0 Å². The minimum Gasteiger partial charge on any atom is -0.390 e. The Bertz CT molecular complexity index is 397. The molecule has 2 heterocycles. The zero-order valence-corrected chi connectivity index (χ0v) is 14.2. The fourth-order valence-corrected chi connectivity index (χ4v) is 2.71. The van der Waals surface area contributed by atoms with Gasteiger partial charge in [0, 0.05) is 25.6 Å². The third kappa shape index (κ3) is 3.89. The Balaban J connectivity index is 0.00000106. The van der Waals surface area contributed by atoms with E-state index in [1.54, 1.807) is 0 Å². The Kier molecular flexibility index (Phi) is 6.99. The van der Waals surface area contributed by atoms with Gasteiger partial charge < -0.3 is 10.1 Å². The fourth-order valence-electron chi connectivity index (χ4n) is 2.71. The molecule has 2 unspecified atom stereocenters. The first-order valence-corrected chi connectivity index (χ1v) is 7.99. The molecule has 0 bridgehead atoms. The van der Waals surface area contributed by atoms with E-state index in [4.69, 9.17) is 4.74 Å². The molecular weight excluding hydrogens is 262 g/mol. The van der Waals surface area contributed by atoms with Crippen molar-refractivity contribution in [2.24, 2.45) is 0 Å². The van der Waals surface area contributed by atoms with Crippen LogP contribution < -0.4 is 10.7 Å². The van der Waals surface area contributed by atoms with Crippen molar-refractivity contribution in [3.05, 3.63) is 36.2 Å². The van der Waals surface area contributed by atoms with E-state index in [0.717, 1.165) is 18.7 Å². The summed E-state index contributed by atoms with van der Waals surface area (Å²) in [6.45, 7) is 13.0. The molecule has 0 amide bonds. The van der Waals surface area contributed by atoms with E-state index in [9.17, 15) is 0 Å². The van der Waals surface area contributed by atoms with Crippen LogP contribution in [0.3, 0.4) is 0 Å². The Morgan fingerprint density at radius 3 is 2.76 bits per heavy atom. The van der Waals surface area contributed by atoms with Gasteiger partial charge in [0.05, 0.1) is 5.54 Å². The Labute approximate surface area is 129 Å². The largest absolute Gasteiger partial charge is 0.390 e. The second-order valence-corrected chi connectivity index (χ2v) is 5.34. The number of nitrogens with zero attached hydrogens (tertiary/aromatic N) is 1. The molecule has 21 heavy (non-hydrogen) atoms. The maximum absolute atomic E-state index is 5.84. The summed E-state index contributed by atoms with van der Waals surface area (Å²) in [7, 11) is 1.94. The average molecular weight is 293 g/mol. The van der Waals surface area contributed by atoms with Gasteiger partial charge in [-0.3, -0.25) is 5.01 Å². The number of rotatable bonds is 4. The first kappa shape index (κ1) is 17.8. The van der Waals surface area contributed by atoms with Crippen molar-refractivity contribution in [2.75, 3.05) is 13.7 Å². The minimum absolute atomic E-state index is 0.146. The highest BCUT2D eigenvalue weighted by molar-refractivity contribution is 5.36. The van der Waals surface area contributed by atoms with Gasteiger partial charge in [-0.2, -0.15) is 0 Å². The van der Waals surface area contributed by atoms with Gasteiger partial charge >= 0.3 is 0 Å². The monoisotopic (exact) mass is 293 g/mol. The van der Waals surface area contributed by atoms with E-state index in [-0.39, 0.29) is 11.8 Å². The molecule has 0 aromatic carbocycles. The highest BCUT2D eigenvalue weighted by atomic mass is 16.5. The van der Waals surface area contributed by atoms with Crippen LogP contribution in [-0.2, 0) is 4.74 Å². The molecule has 0 aromatic rings. The summed E-state index contributed by atoms with van der Waals surface area (Å²) >= 11 is 0. The van der Waals surface area contributed by atoms with Gasteiger partial charge in [0.2, 0.25) is 0 Å².